The van der Waals surface area contributed by atoms with E-state index in [0.717, 1.165) is 15.8 Å². The summed E-state index contributed by atoms with van der Waals surface area (Å²) >= 11 is 0. The van der Waals surface area contributed by atoms with Gasteiger partial charge in [-0.25, -0.2) is 18.2 Å². The van der Waals surface area contributed by atoms with E-state index in [0.29, 0.717) is 23.6 Å². The molecule has 2 heterocycles. The Labute approximate surface area is 196 Å². The average Bonchev–Trinajstić information content (AvgIpc) is 3.27. The van der Waals surface area contributed by atoms with Crippen LogP contribution in [-0.4, -0.2) is 37.4 Å². The summed E-state index contributed by atoms with van der Waals surface area (Å²) < 4.78 is 34.6. The molecular weight excluding hydrogens is 460 g/mol. The number of fused-ring (bicyclic) bond motifs is 1. The van der Waals surface area contributed by atoms with Crippen LogP contribution in [0.15, 0.2) is 64.3 Å². The first-order chi connectivity index (χ1) is 16.1. The lowest BCUT2D eigenvalue weighted by atomic mass is 10.0. The molecule has 4 rings (SSSR count). The highest BCUT2D eigenvalue weighted by Gasteiger charge is 2.32. The number of aromatic nitrogens is 2. The number of nitrogens with two attached hydrogens (primary N) is 1. The molecular formula is C23H24N4O6S. The summed E-state index contributed by atoms with van der Waals surface area (Å²) in [6.07, 6.45) is 0.465. The Morgan fingerprint density at radius 1 is 1.09 bits per heavy atom. The van der Waals surface area contributed by atoms with Gasteiger partial charge < -0.3 is 14.8 Å². The maximum atomic E-state index is 13.0. The molecule has 0 saturated carbocycles. The average molecular weight is 485 g/mol. The highest BCUT2D eigenvalue weighted by Crippen LogP contribution is 2.35. The fourth-order valence-electron chi connectivity index (χ4n) is 3.50. The molecule has 0 radical (unpaired) electrons. The third kappa shape index (κ3) is 4.80. The van der Waals surface area contributed by atoms with Crippen LogP contribution in [0, 0.1) is 0 Å². The third-order valence-corrected chi connectivity index (χ3v) is 6.43. The number of hydrogen-bond donors (Lipinski definition) is 2. The lowest BCUT2D eigenvalue weighted by Gasteiger charge is -2.25. The van der Waals surface area contributed by atoms with Crippen LogP contribution in [0.4, 0.5) is 0 Å². The topological polar surface area (TPSA) is 143 Å². The van der Waals surface area contributed by atoms with Crippen LogP contribution in [0.3, 0.4) is 0 Å². The van der Waals surface area contributed by atoms with Crippen LogP contribution in [0.1, 0.15) is 19.4 Å². The predicted octanol–water partition coefficient (Wildman–Crippen LogP) is 1.38. The van der Waals surface area contributed by atoms with Gasteiger partial charge in [-0.1, -0.05) is 12.1 Å². The second-order valence-electron chi connectivity index (χ2n) is 8.29. The quantitative estimate of drug-likeness (QED) is 0.516. The van der Waals surface area contributed by atoms with Gasteiger partial charge in [-0.15, -0.1) is 0 Å². The van der Waals surface area contributed by atoms with Gasteiger partial charge in [0, 0.05) is 18.2 Å². The van der Waals surface area contributed by atoms with Crippen LogP contribution in [0.2, 0.25) is 0 Å². The van der Waals surface area contributed by atoms with Gasteiger partial charge in [-0.2, -0.15) is 5.10 Å². The van der Waals surface area contributed by atoms with Gasteiger partial charge >= 0.3 is 0 Å². The zero-order chi connectivity index (χ0) is 24.5. The number of nitrogens with one attached hydrogen (secondary N) is 1. The number of carbonyl (C=O) groups excluding carboxylic acids is 1. The van der Waals surface area contributed by atoms with Crippen LogP contribution in [0.5, 0.6) is 11.5 Å². The van der Waals surface area contributed by atoms with Crippen molar-refractivity contribution in [1.82, 2.24) is 15.1 Å². The molecule has 0 saturated heterocycles. The molecule has 2 aromatic carbocycles. The highest BCUT2D eigenvalue weighted by atomic mass is 32.2. The summed E-state index contributed by atoms with van der Waals surface area (Å²) in [5, 5.41) is 12.4. The Balaban J connectivity index is 1.47. The Kier molecular flexibility index (Phi) is 6.15. The first kappa shape index (κ1) is 23.5. The summed E-state index contributed by atoms with van der Waals surface area (Å²) in [4.78, 5) is 25.5. The summed E-state index contributed by atoms with van der Waals surface area (Å²) in [6.45, 7) is 3.66. The van der Waals surface area contributed by atoms with Gasteiger partial charge in [0.1, 0.15) is 5.54 Å². The Bertz CT molecular complexity index is 1400. The second-order valence-corrected chi connectivity index (χ2v) is 9.85. The fourth-order valence-corrected chi connectivity index (χ4v) is 4.02. The Hall–Kier alpha value is -3.70. The van der Waals surface area contributed by atoms with E-state index >= 15 is 0 Å². The van der Waals surface area contributed by atoms with Crippen LogP contribution in [0.25, 0.3) is 11.3 Å². The number of sulfonamides is 1. The number of nitrogens with zero attached hydrogens (tertiary/aromatic N) is 2. The maximum absolute atomic E-state index is 13.0. The molecule has 178 valence electrons. The highest BCUT2D eigenvalue weighted by molar-refractivity contribution is 7.89. The van der Waals surface area contributed by atoms with Crippen molar-refractivity contribution in [3.8, 4) is 22.8 Å². The van der Waals surface area contributed by atoms with E-state index < -0.39 is 21.1 Å². The molecule has 0 aliphatic carbocycles. The fraction of sp³-hybridized carbons (Fsp3) is 0.261. The van der Waals surface area contributed by atoms with Gasteiger partial charge in [-0.3, -0.25) is 9.59 Å². The molecule has 0 unspecified atom stereocenters. The van der Waals surface area contributed by atoms with Crippen molar-refractivity contribution in [2.24, 2.45) is 5.14 Å². The Morgan fingerprint density at radius 2 is 1.79 bits per heavy atom. The summed E-state index contributed by atoms with van der Waals surface area (Å²) in [5.41, 5.74) is 0.376. The number of rotatable bonds is 7. The molecule has 1 aromatic heterocycles. The summed E-state index contributed by atoms with van der Waals surface area (Å²) in [5.74, 6) is 0.841. The van der Waals surface area contributed by atoms with Crippen LogP contribution in [-0.2, 0) is 26.8 Å². The lowest BCUT2D eigenvalue weighted by Crippen LogP contribution is -2.50. The van der Waals surface area contributed by atoms with E-state index in [1.165, 1.54) is 18.2 Å². The third-order valence-electron chi connectivity index (χ3n) is 5.50. The minimum atomic E-state index is -3.76. The smallest absolute Gasteiger partial charge is 0.267 e. The van der Waals surface area contributed by atoms with Crippen molar-refractivity contribution in [3.05, 3.63) is 70.5 Å². The molecule has 1 amide bonds. The molecule has 3 aromatic rings. The van der Waals surface area contributed by atoms with Crippen molar-refractivity contribution in [2.75, 3.05) is 13.3 Å². The molecule has 1 aliphatic heterocycles. The zero-order valence-electron chi connectivity index (χ0n) is 18.6. The van der Waals surface area contributed by atoms with Crippen LogP contribution < -0.4 is 25.5 Å². The molecule has 11 heteroatoms. The molecule has 1 aliphatic rings. The van der Waals surface area contributed by atoms with E-state index in [1.54, 1.807) is 50.2 Å². The molecule has 3 N–H and O–H groups in total. The Morgan fingerprint density at radius 3 is 2.50 bits per heavy atom. The largest absolute Gasteiger partial charge is 0.454 e. The second kappa shape index (κ2) is 8.92. The molecule has 0 fully saturated rings. The normalized spacial score (nSPS) is 13.0. The molecule has 0 bridgehead atoms. The molecule has 0 atom stereocenters. The standard InChI is InChI=1S/C23H24N4O6S/c1-23(2,22(29)25-12-11-15-3-6-17(7-4-15)34(24,30)31)27-21(28)10-8-18(26-27)16-5-9-19-20(13-16)33-14-32-19/h3-10,13H,11-12,14H2,1-2H3,(H,25,29)(H2,24,30,31). The van der Waals surface area contributed by atoms with Gasteiger partial charge in [0.2, 0.25) is 22.7 Å². The van der Waals surface area contributed by atoms with E-state index in [4.69, 9.17) is 14.6 Å². The summed E-state index contributed by atoms with van der Waals surface area (Å²) in [7, 11) is -3.76. The van der Waals surface area contributed by atoms with Crippen LogP contribution >= 0.6 is 0 Å². The first-order valence-corrected chi connectivity index (χ1v) is 12.0. The molecule has 10 nitrogen and oxygen atoms in total. The number of primary sulfonamides is 1. The monoisotopic (exact) mass is 484 g/mol. The minimum absolute atomic E-state index is 0.0224. The minimum Gasteiger partial charge on any atom is -0.454 e. The van der Waals surface area contributed by atoms with Gasteiger partial charge in [0.15, 0.2) is 11.5 Å². The van der Waals surface area contributed by atoms with Gasteiger partial charge in [-0.05, 0) is 62.2 Å². The van der Waals surface area contributed by atoms with Gasteiger partial charge in [0.25, 0.3) is 5.56 Å². The molecule has 34 heavy (non-hydrogen) atoms. The molecule has 0 spiro atoms. The van der Waals surface area contributed by atoms with E-state index in [2.05, 4.69) is 10.4 Å². The predicted molar refractivity (Wildman–Crippen MR) is 124 cm³/mol. The SMILES string of the molecule is CC(C)(C(=O)NCCc1ccc(S(N)(=O)=O)cc1)n1nc(-c2ccc3c(c2)OCO3)ccc1=O. The van der Waals surface area contributed by atoms with Gasteiger partial charge in [0.05, 0.1) is 10.6 Å². The van der Waals surface area contributed by atoms with Crippen molar-refractivity contribution in [1.29, 1.82) is 0 Å². The van der Waals surface area contributed by atoms with E-state index in [9.17, 15) is 18.0 Å². The number of amides is 1. The number of ether oxygens (including phenoxy) is 2. The zero-order valence-corrected chi connectivity index (χ0v) is 19.5. The number of benzene rings is 2. The van der Waals surface area contributed by atoms with E-state index in [1.807, 2.05) is 0 Å². The maximum Gasteiger partial charge on any atom is 0.267 e. The van der Waals surface area contributed by atoms with Crippen molar-refractivity contribution >= 4 is 15.9 Å². The van der Waals surface area contributed by atoms with Crippen molar-refractivity contribution in [3.63, 3.8) is 0 Å². The number of carbonyl (C=O) groups is 1. The summed E-state index contributed by atoms with van der Waals surface area (Å²) in [6, 6.07) is 14.4. The lowest BCUT2D eigenvalue weighted by molar-refractivity contribution is -0.128. The van der Waals surface area contributed by atoms with Crippen molar-refractivity contribution in [2.45, 2.75) is 30.7 Å². The number of hydrogen-bond acceptors (Lipinski definition) is 7. The van der Waals surface area contributed by atoms with Crippen molar-refractivity contribution < 1.29 is 22.7 Å². The van der Waals surface area contributed by atoms with E-state index in [-0.39, 0.29) is 24.1 Å². The first-order valence-electron chi connectivity index (χ1n) is 10.5.